The zero-order chi connectivity index (χ0) is 13.8. The van der Waals surface area contributed by atoms with Crippen molar-refractivity contribution < 1.29 is 0 Å². The average molecular weight is 365 g/mol. The molecule has 0 spiro atoms. The molecule has 1 aromatic rings. The molecule has 22 heavy (non-hydrogen) atoms. The number of benzene rings is 1. The fraction of sp³-hybridized carbons (Fsp3) is 0.667. The first-order valence-electron chi connectivity index (χ1n) is 8.31. The van der Waals surface area contributed by atoms with Crippen molar-refractivity contribution in [3.8, 4) is 0 Å². The van der Waals surface area contributed by atoms with Crippen molar-refractivity contribution in [2.45, 2.75) is 50.9 Å². The van der Waals surface area contributed by atoms with Crippen LogP contribution >= 0.6 is 36.4 Å². The molecule has 1 atom stereocenters. The number of nitrogens with zero attached hydrogens (tertiary/aromatic N) is 1. The molecule has 2 aliphatic rings. The number of piperidine rings is 1. The molecule has 1 aliphatic heterocycles. The third-order valence-electron chi connectivity index (χ3n) is 5.15. The van der Waals surface area contributed by atoms with Crippen LogP contribution < -0.4 is 0 Å². The van der Waals surface area contributed by atoms with Crippen molar-refractivity contribution in [2.75, 3.05) is 19.6 Å². The van der Waals surface area contributed by atoms with Gasteiger partial charge in [-0.1, -0.05) is 43.0 Å². The Kier molecular flexibility index (Phi) is 9.16. The number of halogens is 3. The molecule has 1 saturated carbocycles. The summed E-state index contributed by atoms with van der Waals surface area (Å²) in [5, 5.41) is 0.893. The smallest absolute Gasteiger partial charge is 0.0408 e. The third-order valence-corrected chi connectivity index (χ3v) is 5.38. The highest BCUT2D eigenvalue weighted by molar-refractivity contribution is 6.30. The van der Waals surface area contributed by atoms with Crippen LogP contribution in [-0.4, -0.2) is 24.5 Å². The van der Waals surface area contributed by atoms with Gasteiger partial charge in [0.1, 0.15) is 0 Å². The van der Waals surface area contributed by atoms with Gasteiger partial charge >= 0.3 is 0 Å². The van der Waals surface area contributed by atoms with Gasteiger partial charge in [0, 0.05) is 11.6 Å². The van der Waals surface area contributed by atoms with Gasteiger partial charge < -0.3 is 4.90 Å². The van der Waals surface area contributed by atoms with E-state index >= 15 is 0 Å². The Bertz CT molecular complexity index is 426. The van der Waals surface area contributed by atoms with Crippen molar-refractivity contribution in [3.05, 3.63) is 34.9 Å². The topological polar surface area (TPSA) is 3.24 Å². The first-order chi connectivity index (χ1) is 9.83. The maximum Gasteiger partial charge on any atom is 0.0408 e. The lowest BCUT2D eigenvalue weighted by molar-refractivity contribution is 0.196. The monoisotopic (exact) mass is 363 g/mol. The van der Waals surface area contributed by atoms with Crippen LogP contribution in [0, 0.1) is 5.92 Å². The highest BCUT2D eigenvalue weighted by Crippen LogP contribution is 2.38. The Balaban J connectivity index is 0.00000121. The van der Waals surface area contributed by atoms with Gasteiger partial charge in [-0.2, -0.15) is 0 Å². The second-order valence-electron chi connectivity index (χ2n) is 6.57. The molecule has 1 saturated heterocycles. The quantitative estimate of drug-likeness (QED) is 0.638. The average Bonchev–Trinajstić information content (AvgIpc) is 3.00. The molecule has 2 fully saturated rings. The molecule has 0 N–H and O–H groups in total. The van der Waals surface area contributed by atoms with Gasteiger partial charge in [-0.25, -0.2) is 0 Å². The van der Waals surface area contributed by atoms with Crippen molar-refractivity contribution >= 4 is 36.4 Å². The van der Waals surface area contributed by atoms with Crippen LogP contribution in [-0.2, 0) is 0 Å². The molecular weight excluding hydrogens is 337 g/mol. The zero-order valence-electron chi connectivity index (χ0n) is 13.2. The van der Waals surface area contributed by atoms with E-state index in [2.05, 4.69) is 23.1 Å². The van der Waals surface area contributed by atoms with Crippen LogP contribution in [0.3, 0.4) is 0 Å². The van der Waals surface area contributed by atoms with Gasteiger partial charge in [0.2, 0.25) is 0 Å². The van der Waals surface area contributed by atoms with E-state index in [1.807, 2.05) is 6.07 Å². The first-order valence-corrected chi connectivity index (χ1v) is 8.68. The zero-order valence-corrected chi connectivity index (χ0v) is 15.6. The number of hydrogen-bond acceptors (Lipinski definition) is 1. The van der Waals surface area contributed by atoms with Crippen molar-refractivity contribution in [3.63, 3.8) is 0 Å². The minimum Gasteiger partial charge on any atom is -0.303 e. The molecule has 1 unspecified atom stereocenters. The summed E-state index contributed by atoms with van der Waals surface area (Å²) < 4.78 is 0. The van der Waals surface area contributed by atoms with Crippen LogP contribution in [0.25, 0.3) is 0 Å². The van der Waals surface area contributed by atoms with Crippen molar-refractivity contribution in [2.24, 2.45) is 5.92 Å². The Morgan fingerprint density at radius 3 is 2.32 bits per heavy atom. The molecule has 0 amide bonds. The van der Waals surface area contributed by atoms with E-state index < -0.39 is 0 Å². The lowest BCUT2D eigenvalue weighted by Gasteiger charge is -2.33. The Hall–Kier alpha value is 0.0500. The van der Waals surface area contributed by atoms with E-state index in [0.29, 0.717) is 5.92 Å². The van der Waals surface area contributed by atoms with Crippen molar-refractivity contribution in [1.82, 2.24) is 4.90 Å². The molecule has 4 heteroatoms. The van der Waals surface area contributed by atoms with E-state index in [0.717, 1.165) is 10.9 Å². The lowest BCUT2D eigenvalue weighted by atomic mass is 9.84. The molecule has 1 heterocycles. The molecule has 0 aromatic heterocycles. The van der Waals surface area contributed by atoms with Crippen LogP contribution in [0.4, 0.5) is 0 Å². The Morgan fingerprint density at radius 2 is 1.68 bits per heavy atom. The normalized spacial score (nSPS) is 21.0. The number of likely N-dealkylation sites (tertiary alicyclic amines) is 1. The molecule has 1 nitrogen and oxygen atoms in total. The van der Waals surface area contributed by atoms with E-state index in [1.165, 1.54) is 70.1 Å². The largest absolute Gasteiger partial charge is 0.303 e. The third kappa shape index (κ3) is 5.30. The second kappa shape index (κ2) is 10.0. The van der Waals surface area contributed by atoms with Gasteiger partial charge in [0.25, 0.3) is 0 Å². The summed E-state index contributed by atoms with van der Waals surface area (Å²) in [6, 6.07) is 8.61. The van der Waals surface area contributed by atoms with E-state index in [4.69, 9.17) is 11.6 Å². The van der Waals surface area contributed by atoms with Gasteiger partial charge in [-0.15, -0.1) is 24.8 Å². The summed E-state index contributed by atoms with van der Waals surface area (Å²) in [6.07, 6.45) is 9.83. The van der Waals surface area contributed by atoms with Crippen LogP contribution in [0.15, 0.2) is 24.3 Å². The van der Waals surface area contributed by atoms with Crippen molar-refractivity contribution in [1.29, 1.82) is 0 Å². The Morgan fingerprint density at radius 1 is 1.00 bits per heavy atom. The van der Waals surface area contributed by atoms with Crippen LogP contribution in [0.1, 0.15) is 56.4 Å². The summed E-state index contributed by atoms with van der Waals surface area (Å²) in [4.78, 5) is 2.69. The predicted octanol–water partition coefficient (Wildman–Crippen LogP) is 5.94. The summed E-state index contributed by atoms with van der Waals surface area (Å²) in [7, 11) is 0. The van der Waals surface area contributed by atoms with Crippen LogP contribution in [0.2, 0.25) is 5.02 Å². The van der Waals surface area contributed by atoms with Gasteiger partial charge in [0.15, 0.2) is 0 Å². The SMILES string of the molecule is Cl.Cl.Clc1cccc(C(CN2CCCCC2)C2CCCC2)c1. The minimum atomic E-state index is 0. The molecule has 126 valence electrons. The van der Waals surface area contributed by atoms with Gasteiger partial charge in [-0.05, 0) is 68.3 Å². The molecular formula is C18H28Cl3N. The highest BCUT2D eigenvalue weighted by atomic mass is 35.5. The molecule has 3 rings (SSSR count). The lowest BCUT2D eigenvalue weighted by Crippen LogP contribution is -2.35. The fourth-order valence-corrected chi connectivity index (χ4v) is 4.24. The first kappa shape index (κ1) is 20.1. The summed E-state index contributed by atoms with van der Waals surface area (Å²) in [5.41, 5.74) is 1.47. The molecule has 0 bridgehead atoms. The van der Waals surface area contributed by atoms with Crippen LogP contribution in [0.5, 0.6) is 0 Å². The summed E-state index contributed by atoms with van der Waals surface area (Å²) >= 11 is 6.22. The summed E-state index contributed by atoms with van der Waals surface area (Å²) in [6.45, 7) is 3.83. The number of rotatable bonds is 4. The highest BCUT2D eigenvalue weighted by Gasteiger charge is 2.28. The van der Waals surface area contributed by atoms with Gasteiger partial charge in [-0.3, -0.25) is 0 Å². The number of hydrogen-bond donors (Lipinski definition) is 0. The second-order valence-corrected chi connectivity index (χ2v) is 7.00. The molecule has 1 aromatic carbocycles. The molecule has 0 radical (unpaired) electrons. The predicted molar refractivity (Wildman–Crippen MR) is 101 cm³/mol. The molecule has 1 aliphatic carbocycles. The minimum absolute atomic E-state index is 0. The van der Waals surface area contributed by atoms with E-state index in [-0.39, 0.29) is 24.8 Å². The fourth-order valence-electron chi connectivity index (χ4n) is 4.04. The van der Waals surface area contributed by atoms with Gasteiger partial charge in [0.05, 0.1) is 0 Å². The standard InChI is InChI=1S/C18H26ClN.2ClH/c19-17-10-6-9-16(13-17)18(15-7-2-3-8-15)14-20-11-4-1-5-12-20;;/h6,9-10,13,15,18H,1-5,7-8,11-12,14H2;2*1H. The maximum atomic E-state index is 6.22. The van der Waals surface area contributed by atoms with E-state index in [1.54, 1.807) is 0 Å². The van der Waals surface area contributed by atoms with E-state index in [9.17, 15) is 0 Å². The summed E-state index contributed by atoms with van der Waals surface area (Å²) in [5.74, 6) is 1.56. The maximum absolute atomic E-state index is 6.22. The Labute approximate surface area is 152 Å².